The smallest absolute Gasteiger partial charge is 0.0631 e. The molecule has 0 rings (SSSR count). The molecule has 0 aromatic rings. The predicted octanol–water partition coefficient (Wildman–Crippen LogP) is 9.73. The molecule has 0 N–H and O–H groups in total. The Morgan fingerprint density at radius 3 is 1.75 bits per heavy atom. The summed E-state index contributed by atoms with van der Waals surface area (Å²) in [5.74, 6) is 0.759. The molecule has 0 spiro atoms. The van der Waals surface area contributed by atoms with Crippen LogP contribution in [0.3, 0.4) is 0 Å². The second kappa shape index (κ2) is 19.0. The third kappa shape index (κ3) is 11.8. The summed E-state index contributed by atoms with van der Waals surface area (Å²) in [5, 5.41) is 0. The lowest BCUT2D eigenvalue weighted by Gasteiger charge is -2.41. The molecule has 170 valence electrons. The van der Waals surface area contributed by atoms with Crippen LogP contribution in [-0.2, 0) is 4.74 Å². The van der Waals surface area contributed by atoms with Crippen LogP contribution >= 0.6 is 0 Å². The highest BCUT2D eigenvalue weighted by Gasteiger charge is 2.36. The van der Waals surface area contributed by atoms with Crippen LogP contribution in [0.1, 0.15) is 151 Å². The lowest BCUT2D eigenvalue weighted by Crippen LogP contribution is -2.38. The Balaban J connectivity index is 5.10. The normalized spacial score (nSPS) is 16.1. The lowest BCUT2D eigenvalue weighted by atomic mass is 9.70. The zero-order valence-electron chi connectivity index (χ0n) is 20.8. The third-order valence-corrected chi connectivity index (χ3v) is 7.09. The number of unbranched alkanes of at least 4 members (excludes halogenated alkanes) is 7. The maximum atomic E-state index is 6.83. The molecule has 0 heterocycles. The van der Waals surface area contributed by atoms with E-state index in [4.69, 9.17) is 4.74 Å². The Hall–Kier alpha value is -0.0400. The standard InChI is InChI=1S/C27H56O/c1-7-13-17-18-19-23-27(12-6,22-16-10-4)26(21-15-9-3)28-24-25(11-5)20-14-8-2/h25-26H,7-24H2,1-6H3. The van der Waals surface area contributed by atoms with Crippen molar-refractivity contribution < 1.29 is 4.74 Å². The fourth-order valence-electron chi connectivity index (χ4n) is 4.74. The van der Waals surface area contributed by atoms with Crippen LogP contribution in [-0.4, -0.2) is 12.7 Å². The molecule has 3 atom stereocenters. The molecule has 1 heteroatoms. The van der Waals surface area contributed by atoms with Gasteiger partial charge in [0, 0.05) is 6.61 Å². The lowest BCUT2D eigenvalue weighted by molar-refractivity contribution is -0.0733. The maximum absolute atomic E-state index is 6.83. The first-order valence-corrected chi connectivity index (χ1v) is 13.2. The molecule has 0 amide bonds. The Kier molecular flexibility index (Phi) is 18.9. The van der Waals surface area contributed by atoms with Crippen molar-refractivity contribution >= 4 is 0 Å². The fourth-order valence-corrected chi connectivity index (χ4v) is 4.74. The molecular weight excluding hydrogens is 340 g/mol. The molecular formula is C27H56O. The van der Waals surface area contributed by atoms with E-state index in [1.807, 2.05) is 0 Å². The van der Waals surface area contributed by atoms with Crippen molar-refractivity contribution in [2.45, 2.75) is 157 Å². The minimum atomic E-state index is 0.417. The van der Waals surface area contributed by atoms with Crippen molar-refractivity contribution in [2.75, 3.05) is 6.61 Å². The molecule has 0 aromatic carbocycles. The molecule has 0 aliphatic carbocycles. The Labute approximate surface area is 179 Å². The number of ether oxygens (including phenoxy) is 1. The summed E-state index contributed by atoms with van der Waals surface area (Å²) in [6.07, 6.45) is 23.3. The van der Waals surface area contributed by atoms with Gasteiger partial charge in [-0.1, -0.05) is 119 Å². The summed E-state index contributed by atoms with van der Waals surface area (Å²) in [6.45, 7) is 15.1. The molecule has 0 bridgehead atoms. The molecule has 3 unspecified atom stereocenters. The van der Waals surface area contributed by atoms with Gasteiger partial charge in [-0.3, -0.25) is 0 Å². The van der Waals surface area contributed by atoms with E-state index in [9.17, 15) is 0 Å². The predicted molar refractivity (Wildman–Crippen MR) is 128 cm³/mol. The number of rotatable bonds is 21. The Morgan fingerprint density at radius 1 is 0.607 bits per heavy atom. The zero-order valence-corrected chi connectivity index (χ0v) is 20.8. The van der Waals surface area contributed by atoms with Gasteiger partial charge >= 0.3 is 0 Å². The summed E-state index contributed by atoms with van der Waals surface area (Å²) >= 11 is 0. The van der Waals surface area contributed by atoms with Crippen LogP contribution in [0, 0.1) is 11.3 Å². The summed E-state index contributed by atoms with van der Waals surface area (Å²) in [5.41, 5.74) is 0.417. The van der Waals surface area contributed by atoms with E-state index in [0.29, 0.717) is 11.5 Å². The van der Waals surface area contributed by atoms with E-state index < -0.39 is 0 Å². The van der Waals surface area contributed by atoms with Gasteiger partial charge in [0.05, 0.1) is 6.10 Å². The van der Waals surface area contributed by atoms with Gasteiger partial charge < -0.3 is 4.74 Å². The largest absolute Gasteiger partial charge is 0.377 e. The summed E-state index contributed by atoms with van der Waals surface area (Å²) in [4.78, 5) is 0. The highest BCUT2D eigenvalue weighted by atomic mass is 16.5. The highest BCUT2D eigenvalue weighted by molar-refractivity contribution is 4.87. The summed E-state index contributed by atoms with van der Waals surface area (Å²) < 4.78 is 6.83. The Bertz CT molecular complexity index is 313. The monoisotopic (exact) mass is 396 g/mol. The highest BCUT2D eigenvalue weighted by Crippen LogP contribution is 2.42. The second-order valence-electron chi connectivity index (χ2n) is 9.36. The topological polar surface area (TPSA) is 9.23 Å². The van der Waals surface area contributed by atoms with E-state index in [2.05, 4.69) is 41.5 Å². The number of hydrogen-bond acceptors (Lipinski definition) is 1. The molecule has 0 radical (unpaired) electrons. The molecule has 0 saturated carbocycles. The van der Waals surface area contributed by atoms with Crippen LogP contribution in [0.4, 0.5) is 0 Å². The zero-order chi connectivity index (χ0) is 21.1. The van der Waals surface area contributed by atoms with Gasteiger partial charge in [-0.15, -0.1) is 0 Å². The average molecular weight is 397 g/mol. The van der Waals surface area contributed by atoms with E-state index in [0.717, 1.165) is 12.5 Å². The van der Waals surface area contributed by atoms with Crippen molar-refractivity contribution in [1.29, 1.82) is 0 Å². The van der Waals surface area contributed by atoms with E-state index in [1.54, 1.807) is 0 Å². The van der Waals surface area contributed by atoms with Gasteiger partial charge in [-0.2, -0.15) is 0 Å². The van der Waals surface area contributed by atoms with E-state index in [-0.39, 0.29) is 0 Å². The van der Waals surface area contributed by atoms with Crippen LogP contribution < -0.4 is 0 Å². The van der Waals surface area contributed by atoms with Gasteiger partial charge in [-0.05, 0) is 43.4 Å². The molecule has 0 aliphatic heterocycles. The minimum absolute atomic E-state index is 0.417. The van der Waals surface area contributed by atoms with Gasteiger partial charge in [0.15, 0.2) is 0 Å². The molecule has 0 aliphatic rings. The third-order valence-electron chi connectivity index (χ3n) is 7.09. The van der Waals surface area contributed by atoms with Crippen LogP contribution in [0.25, 0.3) is 0 Å². The fraction of sp³-hybridized carbons (Fsp3) is 1.00. The van der Waals surface area contributed by atoms with Gasteiger partial charge in [0.1, 0.15) is 0 Å². The number of hydrogen-bond donors (Lipinski definition) is 0. The first-order valence-electron chi connectivity index (χ1n) is 13.2. The van der Waals surface area contributed by atoms with Gasteiger partial charge in [0.2, 0.25) is 0 Å². The second-order valence-corrected chi connectivity index (χ2v) is 9.36. The summed E-state index contributed by atoms with van der Waals surface area (Å²) in [6, 6.07) is 0. The van der Waals surface area contributed by atoms with Crippen LogP contribution in [0.15, 0.2) is 0 Å². The molecule has 1 nitrogen and oxygen atoms in total. The van der Waals surface area contributed by atoms with Crippen molar-refractivity contribution in [1.82, 2.24) is 0 Å². The first kappa shape index (κ1) is 28.0. The average Bonchev–Trinajstić information content (AvgIpc) is 2.72. The van der Waals surface area contributed by atoms with Crippen molar-refractivity contribution in [2.24, 2.45) is 11.3 Å². The first-order chi connectivity index (χ1) is 13.6. The molecule has 0 saturated heterocycles. The summed E-state index contributed by atoms with van der Waals surface area (Å²) in [7, 11) is 0. The minimum Gasteiger partial charge on any atom is -0.377 e. The van der Waals surface area contributed by atoms with Crippen molar-refractivity contribution in [3.63, 3.8) is 0 Å². The van der Waals surface area contributed by atoms with Crippen molar-refractivity contribution in [3.05, 3.63) is 0 Å². The van der Waals surface area contributed by atoms with E-state index >= 15 is 0 Å². The quantitative estimate of drug-likeness (QED) is 0.175. The van der Waals surface area contributed by atoms with E-state index in [1.165, 1.54) is 109 Å². The van der Waals surface area contributed by atoms with Crippen LogP contribution in [0.2, 0.25) is 0 Å². The molecule has 0 aromatic heterocycles. The van der Waals surface area contributed by atoms with Gasteiger partial charge in [0.25, 0.3) is 0 Å². The maximum Gasteiger partial charge on any atom is 0.0631 e. The molecule has 28 heavy (non-hydrogen) atoms. The SMILES string of the molecule is CCCCCCCC(CC)(CCCC)C(CCCC)OCC(CC)CCCC. The van der Waals surface area contributed by atoms with Crippen molar-refractivity contribution in [3.8, 4) is 0 Å². The van der Waals surface area contributed by atoms with Gasteiger partial charge in [-0.25, -0.2) is 0 Å². The van der Waals surface area contributed by atoms with Crippen LogP contribution in [0.5, 0.6) is 0 Å². The molecule has 0 fully saturated rings. The Morgan fingerprint density at radius 2 is 1.18 bits per heavy atom.